The first-order valence-corrected chi connectivity index (χ1v) is 17.2. The Kier molecular flexibility index (Phi) is 7.76. The molecule has 2 aliphatic heterocycles. The van der Waals surface area contributed by atoms with Crippen LogP contribution in [0.15, 0.2) is 58.3 Å². The van der Waals surface area contributed by atoms with Crippen molar-refractivity contribution in [1.82, 2.24) is 34.5 Å². The maximum Gasteiger partial charge on any atom is 0.330 e. The molecule has 2 atom stereocenters. The molecule has 3 aromatic heterocycles. The fraction of sp³-hybridized carbons (Fsp3) is 0.351. The van der Waals surface area contributed by atoms with Crippen LogP contribution in [0.25, 0.3) is 33.3 Å². The second kappa shape index (κ2) is 12.1. The number of carbonyl (C=O) groups excluding carboxylic acids is 1. The number of anilines is 2. The Morgan fingerprint density at radius 2 is 1.80 bits per heavy atom. The van der Waals surface area contributed by atoms with Gasteiger partial charge in [0.2, 0.25) is 11.8 Å². The number of likely N-dealkylation sites (tertiary alicyclic amines) is 1. The van der Waals surface area contributed by atoms with Gasteiger partial charge in [-0.15, -0.1) is 5.10 Å². The van der Waals surface area contributed by atoms with Gasteiger partial charge in [0.05, 0.1) is 35.1 Å². The molecule has 1 aliphatic carbocycles. The highest BCUT2D eigenvalue weighted by molar-refractivity contribution is 6.36. The summed E-state index contributed by atoms with van der Waals surface area (Å²) in [6.07, 6.45) is 5.75. The molecule has 5 aromatic rings. The standard InChI is InChI=1S/C37H37ClN8O4/c1-20-22(7-6-10-25(20)40-33-31-28(18-39-43-33)44(2)36(49)45(3)35(31)48)23-8-5-9-24(32(23)38)26-17-21-11-12-27(30(21)34(41-26)50-4)46-16-15-37(19-46)14-13-29(47)42-37/h5-10,17-18,27H,11-16,19H2,1-4H3,(H,40,43)(H,42,47)/t27-,37+/m1/s1. The second-order valence-electron chi connectivity index (χ2n) is 13.6. The van der Waals surface area contributed by atoms with Crippen LogP contribution in [-0.2, 0) is 25.3 Å². The van der Waals surface area contributed by atoms with Crippen LogP contribution < -0.4 is 26.6 Å². The molecule has 1 spiro atoms. The van der Waals surface area contributed by atoms with E-state index in [1.807, 2.05) is 43.3 Å². The van der Waals surface area contributed by atoms with Crippen LogP contribution in [0.1, 0.15) is 48.4 Å². The van der Waals surface area contributed by atoms with E-state index in [1.54, 1.807) is 14.2 Å². The van der Waals surface area contributed by atoms with Crippen molar-refractivity contribution >= 4 is 39.9 Å². The molecule has 2 saturated heterocycles. The SMILES string of the molecule is COc1nc(-c2cccc(-c3cccc(Nc4nncc5c4c(=O)n(C)c(=O)n5C)c3C)c2Cl)cc2c1[C@H](N1CC[C@@]3(CCC(=O)N3)C1)CC2. The summed E-state index contributed by atoms with van der Waals surface area (Å²) >= 11 is 7.23. The molecule has 5 heterocycles. The molecule has 256 valence electrons. The molecule has 2 fully saturated rings. The molecule has 50 heavy (non-hydrogen) atoms. The molecule has 0 saturated carbocycles. The largest absolute Gasteiger partial charge is 0.481 e. The number of ether oxygens (including phenoxy) is 1. The molecule has 12 nitrogen and oxygen atoms in total. The van der Waals surface area contributed by atoms with Gasteiger partial charge in [-0.3, -0.25) is 23.6 Å². The number of carbonyl (C=O) groups is 1. The topological polar surface area (TPSA) is 136 Å². The van der Waals surface area contributed by atoms with E-state index in [9.17, 15) is 14.4 Å². The van der Waals surface area contributed by atoms with E-state index in [2.05, 4.69) is 31.8 Å². The monoisotopic (exact) mass is 692 g/mol. The maximum absolute atomic E-state index is 13.2. The fourth-order valence-electron chi connectivity index (χ4n) is 8.13. The summed E-state index contributed by atoms with van der Waals surface area (Å²) in [5.74, 6) is 1.02. The van der Waals surface area contributed by atoms with E-state index >= 15 is 0 Å². The minimum absolute atomic E-state index is 0.113. The highest BCUT2D eigenvalue weighted by Gasteiger charge is 2.46. The summed E-state index contributed by atoms with van der Waals surface area (Å²) in [5.41, 5.74) is 6.57. The third kappa shape index (κ3) is 5.08. The van der Waals surface area contributed by atoms with Gasteiger partial charge >= 0.3 is 5.69 Å². The van der Waals surface area contributed by atoms with Gasteiger partial charge in [-0.2, -0.15) is 5.10 Å². The number of nitrogens with zero attached hydrogens (tertiary/aromatic N) is 6. The first-order chi connectivity index (χ1) is 24.1. The lowest BCUT2D eigenvalue weighted by Gasteiger charge is -2.28. The zero-order valence-corrected chi connectivity index (χ0v) is 29.1. The second-order valence-corrected chi connectivity index (χ2v) is 14.0. The molecule has 2 aromatic carbocycles. The molecular formula is C37H37ClN8O4. The van der Waals surface area contributed by atoms with Crippen molar-refractivity contribution in [1.29, 1.82) is 0 Å². The van der Waals surface area contributed by atoms with Crippen molar-refractivity contribution < 1.29 is 9.53 Å². The number of methoxy groups -OCH3 is 1. The third-order valence-electron chi connectivity index (χ3n) is 10.8. The Morgan fingerprint density at radius 1 is 1.02 bits per heavy atom. The van der Waals surface area contributed by atoms with Crippen LogP contribution in [0, 0.1) is 6.92 Å². The molecule has 0 unspecified atom stereocenters. The van der Waals surface area contributed by atoms with Crippen molar-refractivity contribution in [3.63, 3.8) is 0 Å². The van der Waals surface area contributed by atoms with Crippen molar-refractivity contribution in [2.24, 2.45) is 14.1 Å². The van der Waals surface area contributed by atoms with Crippen LogP contribution in [0.4, 0.5) is 11.5 Å². The number of aromatic nitrogens is 5. The molecule has 0 bridgehead atoms. The van der Waals surface area contributed by atoms with E-state index in [0.29, 0.717) is 28.5 Å². The van der Waals surface area contributed by atoms with Crippen molar-refractivity contribution in [2.45, 2.75) is 50.6 Å². The number of rotatable bonds is 6. The van der Waals surface area contributed by atoms with Crippen LogP contribution in [-0.4, -0.2) is 60.9 Å². The number of amides is 1. The van der Waals surface area contributed by atoms with Gasteiger partial charge in [-0.1, -0.05) is 41.9 Å². The number of nitrogens with one attached hydrogen (secondary N) is 2. The van der Waals surface area contributed by atoms with Gasteiger partial charge in [-0.25, -0.2) is 9.78 Å². The summed E-state index contributed by atoms with van der Waals surface area (Å²) in [6.45, 7) is 3.75. The number of hydrogen-bond acceptors (Lipinski definition) is 9. The average Bonchev–Trinajstić information content (AvgIpc) is 3.84. The van der Waals surface area contributed by atoms with Crippen LogP contribution in [0.5, 0.6) is 5.88 Å². The van der Waals surface area contributed by atoms with E-state index in [1.165, 1.54) is 23.4 Å². The van der Waals surface area contributed by atoms with Crippen molar-refractivity contribution in [2.75, 3.05) is 25.5 Å². The number of halogens is 1. The summed E-state index contributed by atoms with van der Waals surface area (Å²) in [5, 5.41) is 15.7. The lowest BCUT2D eigenvalue weighted by Crippen LogP contribution is -2.44. The summed E-state index contributed by atoms with van der Waals surface area (Å²) in [6, 6.07) is 14.1. The zero-order chi connectivity index (χ0) is 34.9. The van der Waals surface area contributed by atoms with Crippen LogP contribution in [0.2, 0.25) is 5.02 Å². The number of pyridine rings is 1. The predicted octanol–water partition coefficient (Wildman–Crippen LogP) is 4.81. The van der Waals surface area contributed by atoms with Gasteiger partial charge in [0, 0.05) is 62.0 Å². The average molecular weight is 693 g/mol. The molecule has 8 rings (SSSR count). The highest BCUT2D eigenvalue weighted by atomic mass is 35.5. The Hall–Kier alpha value is -5.07. The Balaban J connectivity index is 1.13. The lowest BCUT2D eigenvalue weighted by atomic mass is 9.96. The first-order valence-electron chi connectivity index (χ1n) is 16.8. The van der Waals surface area contributed by atoms with E-state index in [4.69, 9.17) is 21.3 Å². The number of aryl methyl sites for hydroxylation is 2. The summed E-state index contributed by atoms with van der Waals surface area (Å²) < 4.78 is 8.38. The van der Waals surface area contributed by atoms with Crippen LogP contribution in [0.3, 0.4) is 0 Å². The Morgan fingerprint density at radius 3 is 2.58 bits per heavy atom. The van der Waals surface area contributed by atoms with E-state index in [-0.39, 0.29) is 28.7 Å². The van der Waals surface area contributed by atoms with Gasteiger partial charge in [0.1, 0.15) is 5.39 Å². The first kappa shape index (κ1) is 32.2. The lowest BCUT2D eigenvalue weighted by molar-refractivity contribution is -0.119. The quantitative estimate of drug-likeness (QED) is 0.257. The zero-order valence-electron chi connectivity index (χ0n) is 28.3. The van der Waals surface area contributed by atoms with Gasteiger partial charge < -0.3 is 15.4 Å². The molecule has 3 aliphatic rings. The fourth-order valence-corrected chi connectivity index (χ4v) is 8.46. The Bertz CT molecular complexity index is 2350. The summed E-state index contributed by atoms with van der Waals surface area (Å²) in [4.78, 5) is 45.2. The van der Waals surface area contributed by atoms with Crippen molar-refractivity contribution in [3.8, 4) is 28.3 Å². The molecule has 0 radical (unpaired) electrons. The molecule has 1 amide bonds. The van der Waals surface area contributed by atoms with Gasteiger partial charge in [0.15, 0.2) is 5.82 Å². The number of benzene rings is 2. The minimum Gasteiger partial charge on any atom is -0.481 e. The molecule has 13 heteroatoms. The van der Waals surface area contributed by atoms with Gasteiger partial charge in [0.25, 0.3) is 5.56 Å². The highest BCUT2D eigenvalue weighted by Crippen LogP contribution is 2.47. The summed E-state index contributed by atoms with van der Waals surface area (Å²) in [7, 11) is 4.71. The normalized spacial score (nSPS) is 20.1. The Labute approximate surface area is 293 Å². The number of fused-ring (bicyclic) bond motifs is 2. The maximum atomic E-state index is 13.2. The minimum atomic E-state index is -0.458. The van der Waals surface area contributed by atoms with E-state index < -0.39 is 11.2 Å². The van der Waals surface area contributed by atoms with Gasteiger partial charge in [-0.05, 0) is 61.4 Å². The smallest absolute Gasteiger partial charge is 0.330 e. The van der Waals surface area contributed by atoms with Crippen LogP contribution >= 0.6 is 11.6 Å². The molecule has 2 N–H and O–H groups in total. The van der Waals surface area contributed by atoms with Crippen molar-refractivity contribution in [3.05, 3.63) is 91.2 Å². The van der Waals surface area contributed by atoms with E-state index in [0.717, 1.165) is 76.9 Å². The molecular weight excluding hydrogens is 656 g/mol. The predicted molar refractivity (Wildman–Crippen MR) is 192 cm³/mol. The third-order valence-corrected chi connectivity index (χ3v) is 11.2. The number of hydrogen-bond donors (Lipinski definition) is 2.